The molecule has 2 aromatic rings. The Hall–Kier alpha value is -2.11. The van der Waals surface area contributed by atoms with Gasteiger partial charge >= 0.3 is 0 Å². The van der Waals surface area contributed by atoms with Crippen LogP contribution in [0.15, 0.2) is 23.2 Å². The van der Waals surface area contributed by atoms with E-state index in [0.29, 0.717) is 0 Å². The monoisotopic (exact) mass is 270 g/mol. The minimum Gasteiger partial charge on any atom is -0.307 e. The van der Waals surface area contributed by atoms with Crippen molar-refractivity contribution in [3.63, 3.8) is 0 Å². The third-order valence-electron chi connectivity index (χ3n) is 2.01. The molecule has 0 aliphatic heterocycles. The minimum absolute atomic E-state index is 0.0538. The molecule has 0 saturated carbocycles. The average molecular weight is 270 g/mol. The zero-order valence-electron chi connectivity index (χ0n) is 9.03. The second-order valence-electron chi connectivity index (χ2n) is 3.15. The number of sulfonamides is 1. The van der Waals surface area contributed by atoms with Crippen LogP contribution in [0.25, 0.3) is 0 Å². The summed E-state index contributed by atoms with van der Waals surface area (Å²) in [6.07, 6.45) is 1.42. The summed E-state index contributed by atoms with van der Waals surface area (Å²) in [5, 5.41) is 12.8. The summed E-state index contributed by atoms with van der Waals surface area (Å²) < 4.78 is 26.3. The molecule has 11 heteroatoms. The molecule has 2 aromatic heterocycles. The Morgan fingerprint density at radius 1 is 1.44 bits per heavy atom. The number of tetrazole rings is 1. The Morgan fingerprint density at radius 2 is 2.28 bits per heavy atom. The van der Waals surface area contributed by atoms with Crippen molar-refractivity contribution < 1.29 is 8.42 Å². The highest BCUT2D eigenvalue weighted by atomic mass is 32.2. The van der Waals surface area contributed by atoms with E-state index in [9.17, 15) is 8.42 Å². The molecule has 0 aliphatic rings. The maximum atomic E-state index is 12.0. The fourth-order valence-electron chi connectivity index (χ4n) is 1.21. The van der Waals surface area contributed by atoms with Crippen LogP contribution in [0.5, 0.6) is 0 Å². The highest BCUT2D eigenvalue weighted by molar-refractivity contribution is 7.89. The summed E-state index contributed by atoms with van der Waals surface area (Å²) in [5.74, 6) is 5.47. The summed E-state index contributed by atoms with van der Waals surface area (Å²) in [5.41, 5.74) is 2.21. The van der Waals surface area contributed by atoms with Crippen molar-refractivity contribution in [3.8, 4) is 0 Å². The lowest BCUT2D eigenvalue weighted by molar-refractivity contribution is 0.579. The zero-order chi connectivity index (χ0) is 13.0. The molecule has 0 aliphatic carbocycles. The lowest BCUT2D eigenvalue weighted by Crippen LogP contribution is -2.26. The third kappa shape index (κ3) is 2.58. The largest absolute Gasteiger partial charge is 0.307 e. The van der Waals surface area contributed by atoms with Gasteiger partial charge in [0.15, 0.2) is 11.6 Å². The fraction of sp³-hybridized carbons (Fsp3) is 0.143. The lowest BCUT2D eigenvalue weighted by atomic mass is 10.5. The number of nitrogen functional groups attached to an aromatic ring is 1. The number of hydrogen-bond acceptors (Lipinski definition) is 8. The molecule has 0 amide bonds. The highest BCUT2D eigenvalue weighted by Gasteiger charge is 2.19. The quantitative estimate of drug-likeness (QED) is 0.373. The van der Waals surface area contributed by atoms with Crippen molar-refractivity contribution in [2.75, 3.05) is 5.43 Å². The van der Waals surface area contributed by atoms with Crippen LogP contribution in [-0.2, 0) is 16.6 Å². The van der Waals surface area contributed by atoms with Gasteiger partial charge in [-0.3, -0.25) is 0 Å². The molecular formula is C7H10N8O2S. The molecule has 0 bridgehead atoms. The zero-order valence-corrected chi connectivity index (χ0v) is 9.85. The van der Waals surface area contributed by atoms with E-state index in [-0.39, 0.29) is 23.1 Å². The SMILES string of the molecule is NNc1ncccc1S(=O)(=O)NCc1nn[nH]n1. The number of nitrogens with zero attached hydrogens (tertiary/aromatic N) is 4. The second-order valence-corrected chi connectivity index (χ2v) is 4.88. The van der Waals surface area contributed by atoms with Crippen LogP contribution in [0.4, 0.5) is 5.82 Å². The van der Waals surface area contributed by atoms with Crippen molar-refractivity contribution in [2.24, 2.45) is 5.84 Å². The van der Waals surface area contributed by atoms with Gasteiger partial charge in [-0.15, -0.1) is 10.2 Å². The number of aromatic amines is 1. The molecule has 10 nitrogen and oxygen atoms in total. The molecule has 0 aromatic carbocycles. The van der Waals surface area contributed by atoms with Crippen LogP contribution in [0.1, 0.15) is 5.82 Å². The number of hydrazine groups is 1. The van der Waals surface area contributed by atoms with Crippen LogP contribution < -0.4 is 16.0 Å². The van der Waals surface area contributed by atoms with E-state index >= 15 is 0 Å². The van der Waals surface area contributed by atoms with Crippen LogP contribution >= 0.6 is 0 Å². The van der Waals surface area contributed by atoms with E-state index < -0.39 is 10.0 Å². The minimum atomic E-state index is -3.76. The van der Waals surface area contributed by atoms with Gasteiger partial charge in [0.05, 0.1) is 6.54 Å². The van der Waals surface area contributed by atoms with Gasteiger partial charge in [-0.05, 0) is 12.1 Å². The van der Waals surface area contributed by atoms with Crippen molar-refractivity contribution >= 4 is 15.8 Å². The van der Waals surface area contributed by atoms with Crippen LogP contribution in [0.3, 0.4) is 0 Å². The van der Waals surface area contributed by atoms with Crippen molar-refractivity contribution in [2.45, 2.75) is 11.4 Å². The fourth-order valence-corrected chi connectivity index (χ4v) is 2.31. The smallest absolute Gasteiger partial charge is 0.244 e. The summed E-state index contributed by atoms with van der Waals surface area (Å²) in [7, 11) is -3.76. The Labute approximate surface area is 102 Å². The first-order chi connectivity index (χ1) is 8.63. The molecule has 0 radical (unpaired) electrons. The Morgan fingerprint density at radius 3 is 2.94 bits per heavy atom. The van der Waals surface area contributed by atoms with E-state index in [1.807, 2.05) is 0 Å². The topological polar surface area (TPSA) is 152 Å². The Balaban J connectivity index is 2.20. The molecule has 0 unspecified atom stereocenters. The van der Waals surface area contributed by atoms with Gasteiger partial charge in [-0.1, -0.05) is 5.21 Å². The molecule has 0 fully saturated rings. The van der Waals surface area contributed by atoms with Gasteiger partial charge < -0.3 is 5.43 Å². The Kier molecular flexibility index (Phi) is 3.45. The maximum Gasteiger partial charge on any atom is 0.244 e. The van der Waals surface area contributed by atoms with Gasteiger partial charge in [-0.25, -0.2) is 24.0 Å². The number of pyridine rings is 1. The normalized spacial score (nSPS) is 11.4. The molecule has 2 heterocycles. The van der Waals surface area contributed by atoms with Crippen molar-refractivity contribution in [3.05, 3.63) is 24.2 Å². The summed E-state index contributed by atoms with van der Waals surface area (Å²) >= 11 is 0. The predicted octanol–water partition coefficient (Wildman–Crippen LogP) is -1.64. The predicted molar refractivity (Wildman–Crippen MR) is 60.3 cm³/mol. The number of rotatable bonds is 5. The average Bonchev–Trinajstić information content (AvgIpc) is 2.89. The van der Waals surface area contributed by atoms with Gasteiger partial charge in [0.25, 0.3) is 0 Å². The summed E-state index contributed by atoms with van der Waals surface area (Å²) in [6.45, 7) is -0.0856. The van der Waals surface area contributed by atoms with Crippen LogP contribution in [-0.4, -0.2) is 34.0 Å². The maximum absolute atomic E-state index is 12.0. The summed E-state index contributed by atoms with van der Waals surface area (Å²) in [6, 6.07) is 2.87. The van der Waals surface area contributed by atoms with Gasteiger partial charge in [0, 0.05) is 6.20 Å². The van der Waals surface area contributed by atoms with E-state index in [4.69, 9.17) is 5.84 Å². The third-order valence-corrected chi connectivity index (χ3v) is 3.44. The van der Waals surface area contributed by atoms with E-state index in [1.165, 1.54) is 18.3 Å². The first-order valence-electron chi connectivity index (χ1n) is 4.77. The van der Waals surface area contributed by atoms with Crippen LogP contribution in [0.2, 0.25) is 0 Å². The first kappa shape index (κ1) is 12.3. The molecule has 0 spiro atoms. The molecule has 5 N–H and O–H groups in total. The van der Waals surface area contributed by atoms with Gasteiger partial charge in [0.2, 0.25) is 10.0 Å². The van der Waals surface area contributed by atoms with E-state index in [0.717, 1.165) is 0 Å². The Bertz CT molecular complexity index is 610. The summed E-state index contributed by atoms with van der Waals surface area (Å²) in [4.78, 5) is 3.74. The first-order valence-corrected chi connectivity index (χ1v) is 6.25. The highest BCUT2D eigenvalue weighted by Crippen LogP contribution is 2.16. The standard InChI is InChI=1S/C7H10N8O2S/c8-11-7-5(2-1-3-9-7)18(16,17)10-4-6-12-14-15-13-6/h1-3,10H,4,8H2,(H,9,11)(H,12,13,14,15). The molecule has 2 rings (SSSR count). The molecule has 18 heavy (non-hydrogen) atoms. The number of H-pyrrole nitrogens is 1. The lowest BCUT2D eigenvalue weighted by Gasteiger charge is -2.08. The molecular weight excluding hydrogens is 260 g/mol. The van der Waals surface area contributed by atoms with Gasteiger partial charge in [0.1, 0.15) is 4.90 Å². The van der Waals surface area contributed by atoms with Gasteiger partial charge in [-0.2, -0.15) is 5.21 Å². The number of aromatic nitrogens is 5. The molecule has 96 valence electrons. The number of nitrogens with two attached hydrogens (primary N) is 1. The molecule has 0 saturated heterocycles. The second kappa shape index (κ2) is 5.03. The molecule has 0 atom stereocenters. The van der Waals surface area contributed by atoms with Crippen LogP contribution in [0, 0.1) is 0 Å². The van der Waals surface area contributed by atoms with E-state index in [2.05, 4.69) is 35.8 Å². The number of nitrogens with one attached hydrogen (secondary N) is 3. The van der Waals surface area contributed by atoms with Crippen molar-refractivity contribution in [1.82, 2.24) is 30.3 Å². The van der Waals surface area contributed by atoms with E-state index in [1.54, 1.807) is 0 Å². The van der Waals surface area contributed by atoms with Crippen molar-refractivity contribution in [1.29, 1.82) is 0 Å². The number of hydrogen-bond donors (Lipinski definition) is 4. The number of anilines is 1.